The van der Waals surface area contributed by atoms with Gasteiger partial charge in [-0.1, -0.05) is 36.4 Å². The standard InChI is InChI=1S/C27H34FN3O4/c1-26(2,3)35-25(33)30-21-12-14-27(34,16-21)17-29-24(32)31-15-13-18-6-4-5-7-22(18)23(31)19-8-10-20(28)11-9-19/h4-11,21,23,34H,12-17H2,1-3H3,(H,29,32)(H,30,33)/t21?,23-,27?/m0/s1. The molecule has 3 atom stereocenters. The summed E-state index contributed by atoms with van der Waals surface area (Å²) in [6, 6.07) is 13.3. The number of ether oxygens (including phenoxy) is 1. The maximum atomic E-state index is 13.6. The fourth-order valence-corrected chi connectivity index (χ4v) is 5.00. The quantitative estimate of drug-likeness (QED) is 0.605. The van der Waals surface area contributed by atoms with Crippen molar-refractivity contribution in [1.29, 1.82) is 0 Å². The van der Waals surface area contributed by atoms with Gasteiger partial charge in [0.2, 0.25) is 0 Å². The number of hydrogen-bond acceptors (Lipinski definition) is 4. The maximum Gasteiger partial charge on any atom is 0.407 e. The van der Waals surface area contributed by atoms with Gasteiger partial charge in [0.25, 0.3) is 0 Å². The van der Waals surface area contributed by atoms with Gasteiger partial charge in [-0.3, -0.25) is 0 Å². The molecule has 4 rings (SSSR count). The molecule has 1 fully saturated rings. The number of carbonyl (C=O) groups excluding carboxylic acids is 2. The molecular formula is C27H34FN3O4. The van der Waals surface area contributed by atoms with Crippen molar-refractivity contribution < 1.29 is 23.8 Å². The van der Waals surface area contributed by atoms with E-state index in [9.17, 15) is 19.1 Å². The molecule has 35 heavy (non-hydrogen) atoms. The Kier molecular flexibility index (Phi) is 7.03. The van der Waals surface area contributed by atoms with Crippen LogP contribution in [0.3, 0.4) is 0 Å². The molecule has 0 spiro atoms. The van der Waals surface area contributed by atoms with Crippen LogP contribution in [0.15, 0.2) is 48.5 Å². The Morgan fingerprint density at radius 2 is 1.89 bits per heavy atom. The molecule has 0 radical (unpaired) electrons. The van der Waals surface area contributed by atoms with Crippen LogP contribution in [-0.4, -0.2) is 52.5 Å². The molecule has 3 N–H and O–H groups in total. The number of rotatable bonds is 4. The van der Waals surface area contributed by atoms with E-state index >= 15 is 0 Å². The van der Waals surface area contributed by atoms with Crippen molar-refractivity contribution in [3.05, 3.63) is 71.0 Å². The van der Waals surface area contributed by atoms with Crippen LogP contribution in [0.2, 0.25) is 0 Å². The summed E-state index contributed by atoms with van der Waals surface area (Å²) in [5.74, 6) is -0.327. The Morgan fingerprint density at radius 3 is 2.60 bits per heavy atom. The number of carbonyl (C=O) groups is 2. The van der Waals surface area contributed by atoms with Gasteiger partial charge in [0, 0.05) is 19.1 Å². The molecule has 1 heterocycles. The number of nitrogens with zero attached hydrogens (tertiary/aromatic N) is 1. The Morgan fingerprint density at radius 1 is 1.17 bits per heavy atom. The van der Waals surface area contributed by atoms with Crippen molar-refractivity contribution >= 4 is 12.1 Å². The van der Waals surface area contributed by atoms with Crippen LogP contribution in [0.4, 0.5) is 14.0 Å². The Labute approximate surface area is 205 Å². The molecule has 8 heteroatoms. The number of aliphatic hydroxyl groups is 1. The Hall–Kier alpha value is -3.13. The molecule has 1 aliphatic heterocycles. The van der Waals surface area contributed by atoms with Crippen LogP contribution < -0.4 is 10.6 Å². The molecule has 2 aromatic rings. The molecule has 3 amide bonds. The van der Waals surface area contributed by atoms with Crippen molar-refractivity contribution in [3.8, 4) is 0 Å². The monoisotopic (exact) mass is 483 g/mol. The first-order chi connectivity index (χ1) is 16.5. The maximum absolute atomic E-state index is 13.6. The topological polar surface area (TPSA) is 90.9 Å². The van der Waals surface area contributed by atoms with E-state index in [1.54, 1.807) is 37.8 Å². The van der Waals surface area contributed by atoms with Crippen molar-refractivity contribution in [1.82, 2.24) is 15.5 Å². The lowest BCUT2D eigenvalue weighted by atomic mass is 9.88. The van der Waals surface area contributed by atoms with Gasteiger partial charge in [-0.05, 0) is 75.3 Å². The highest BCUT2D eigenvalue weighted by Gasteiger charge is 2.40. The second-order valence-corrected chi connectivity index (χ2v) is 10.6. The molecule has 2 aromatic carbocycles. The van der Waals surface area contributed by atoms with Gasteiger partial charge in [0.15, 0.2) is 0 Å². The molecular weight excluding hydrogens is 449 g/mol. The number of hydrogen-bond donors (Lipinski definition) is 3. The smallest absolute Gasteiger partial charge is 0.407 e. The van der Waals surface area contributed by atoms with E-state index in [1.807, 2.05) is 18.2 Å². The fourth-order valence-electron chi connectivity index (χ4n) is 5.00. The second kappa shape index (κ2) is 9.85. The first-order valence-electron chi connectivity index (χ1n) is 12.1. The first-order valence-corrected chi connectivity index (χ1v) is 12.1. The minimum absolute atomic E-state index is 0.0760. The number of halogens is 1. The molecule has 0 bridgehead atoms. The molecule has 2 unspecified atom stereocenters. The molecule has 7 nitrogen and oxygen atoms in total. The lowest BCUT2D eigenvalue weighted by molar-refractivity contribution is 0.0399. The van der Waals surface area contributed by atoms with E-state index in [1.165, 1.54) is 12.1 Å². The van der Waals surface area contributed by atoms with Gasteiger partial charge in [0.05, 0.1) is 11.6 Å². The summed E-state index contributed by atoms with van der Waals surface area (Å²) in [5.41, 5.74) is 1.29. The average Bonchev–Trinajstić information content (AvgIpc) is 3.16. The first kappa shape index (κ1) is 25.0. The summed E-state index contributed by atoms with van der Waals surface area (Å²) in [5, 5.41) is 16.8. The summed E-state index contributed by atoms with van der Waals surface area (Å²) in [4.78, 5) is 27.1. The Balaban J connectivity index is 1.41. The number of benzene rings is 2. The molecule has 0 aromatic heterocycles. The van der Waals surface area contributed by atoms with E-state index in [4.69, 9.17) is 4.74 Å². The van der Waals surface area contributed by atoms with Crippen molar-refractivity contribution in [2.24, 2.45) is 0 Å². The summed E-state index contributed by atoms with van der Waals surface area (Å²) in [6.07, 6.45) is 1.59. The number of amides is 3. The SMILES string of the molecule is CC(C)(C)OC(=O)NC1CCC(O)(CNC(=O)N2CCc3ccccc3[C@@H]2c2ccc(F)cc2)C1. The number of fused-ring (bicyclic) bond motifs is 1. The van der Waals surface area contributed by atoms with E-state index < -0.39 is 17.3 Å². The predicted molar refractivity (Wildman–Crippen MR) is 130 cm³/mol. The minimum Gasteiger partial charge on any atom is -0.444 e. The van der Waals surface area contributed by atoms with E-state index in [0.717, 1.165) is 16.7 Å². The number of urea groups is 1. The third-order valence-electron chi connectivity index (χ3n) is 6.60. The largest absolute Gasteiger partial charge is 0.444 e. The summed E-state index contributed by atoms with van der Waals surface area (Å²) < 4.78 is 18.9. The predicted octanol–water partition coefficient (Wildman–Crippen LogP) is 4.29. The normalized spacial score (nSPS) is 24.0. The molecule has 1 aliphatic carbocycles. The van der Waals surface area contributed by atoms with Gasteiger partial charge in [-0.2, -0.15) is 0 Å². The third-order valence-corrected chi connectivity index (χ3v) is 6.60. The van der Waals surface area contributed by atoms with Crippen LogP contribution in [0.1, 0.15) is 62.8 Å². The lowest BCUT2D eigenvalue weighted by Gasteiger charge is -2.38. The second-order valence-electron chi connectivity index (χ2n) is 10.6. The van der Waals surface area contributed by atoms with Gasteiger partial charge in [0.1, 0.15) is 11.4 Å². The van der Waals surface area contributed by atoms with Crippen LogP contribution in [-0.2, 0) is 11.2 Å². The molecule has 2 aliphatic rings. The van der Waals surface area contributed by atoms with Crippen LogP contribution in [0.5, 0.6) is 0 Å². The fraction of sp³-hybridized carbons (Fsp3) is 0.481. The summed E-state index contributed by atoms with van der Waals surface area (Å²) in [7, 11) is 0. The molecule has 0 saturated heterocycles. The minimum atomic E-state index is -1.12. The van der Waals surface area contributed by atoms with Crippen LogP contribution >= 0.6 is 0 Å². The lowest BCUT2D eigenvalue weighted by Crippen LogP contribution is -2.50. The third kappa shape index (κ3) is 6.11. The molecule has 188 valence electrons. The Bertz CT molecular complexity index is 1070. The zero-order chi connectivity index (χ0) is 25.2. The van der Waals surface area contributed by atoms with Crippen molar-refractivity contribution in [2.45, 2.75) is 69.7 Å². The zero-order valence-electron chi connectivity index (χ0n) is 20.5. The summed E-state index contributed by atoms with van der Waals surface area (Å²) in [6.45, 7) is 5.97. The van der Waals surface area contributed by atoms with Crippen LogP contribution in [0, 0.1) is 5.82 Å². The average molecular weight is 484 g/mol. The highest BCUT2D eigenvalue weighted by Crippen LogP contribution is 2.35. The van der Waals surface area contributed by atoms with Gasteiger partial charge in [-0.25, -0.2) is 14.0 Å². The van der Waals surface area contributed by atoms with Crippen LogP contribution in [0.25, 0.3) is 0 Å². The number of nitrogens with one attached hydrogen (secondary N) is 2. The van der Waals surface area contributed by atoms with E-state index in [2.05, 4.69) is 16.7 Å². The van der Waals surface area contributed by atoms with Crippen molar-refractivity contribution in [2.75, 3.05) is 13.1 Å². The van der Waals surface area contributed by atoms with Crippen molar-refractivity contribution in [3.63, 3.8) is 0 Å². The summed E-state index contributed by atoms with van der Waals surface area (Å²) >= 11 is 0. The van der Waals surface area contributed by atoms with E-state index in [-0.39, 0.29) is 30.5 Å². The highest BCUT2D eigenvalue weighted by molar-refractivity contribution is 5.76. The van der Waals surface area contributed by atoms with Gasteiger partial charge < -0.3 is 25.4 Å². The highest BCUT2D eigenvalue weighted by atomic mass is 19.1. The molecule has 1 saturated carbocycles. The van der Waals surface area contributed by atoms with Gasteiger partial charge >= 0.3 is 12.1 Å². The van der Waals surface area contributed by atoms with E-state index in [0.29, 0.717) is 32.2 Å². The van der Waals surface area contributed by atoms with Gasteiger partial charge in [-0.15, -0.1) is 0 Å². The zero-order valence-corrected chi connectivity index (χ0v) is 20.5. The number of alkyl carbamates (subject to hydrolysis) is 1.